The highest BCUT2D eigenvalue weighted by Gasteiger charge is 2.09. The Morgan fingerprint density at radius 2 is 1.95 bits per heavy atom. The van der Waals surface area contributed by atoms with Crippen molar-refractivity contribution in [3.8, 4) is 0 Å². The van der Waals surface area contributed by atoms with Gasteiger partial charge in [0.2, 0.25) is 0 Å². The highest BCUT2D eigenvalue weighted by Crippen LogP contribution is 2.20. The maximum Gasteiger partial charge on any atom is 0.149 e. The van der Waals surface area contributed by atoms with E-state index < -0.39 is 0 Å². The topological polar surface area (TPSA) is 49.8 Å². The maximum absolute atomic E-state index is 13.6. The van der Waals surface area contributed by atoms with Crippen molar-refractivity contribution in [1.82, 2.24) is 15.3 Å². The van der Waals surface area contributed by atoms with Crippen molar-refractivity contribution in [2.45, 2.75) is 26.3 Å². The van der Waals surface area contributed by atoms with Crippen LogP contribution in [-0.4, -0.2) is 28.6 Å². The summed E-state index contributed by atoms with van der Waals surface area (Å²) in [6, 6.07) is 4.89. The number of benzene rings is 1. The number of fused-ring (bicyclic) bond motifs is 1. The molecule has 0 saturated heterocycles. The minimum Gasteiger partial charge on any atom is -0.368 e. The molecule has 5 heteroatoms. The van der Waals surface area contributed by atoms with Crippen LogP contribution < -0.4 is 10.6 Å². The van der Waals surface area contributed by atoms with Crippen molar-refractivity contribution in [2.75, 3.05) is 18.4 Å². The summed E-state index contributed by atoms with van der Waals surface area (Å²) in [7, 11) is 0. The quantitative estimate of drug-likeness (QED) is 0.831. The zero-order chi connectivity index (χ0) is 13.9. The lowest BCUT2D eigenvalue weighted by atomic mass is 10.1. The highest BCUT2D eigenvalue weighted by atomic mass is 19.1. The van der Waals surface area contributed by atoms with Gasteiger partial charge in [-0.3, -0.25) is 0 Å². The van der Waals surface area contributed by atoms with E-state index in [9.17, 15) is 4.39 Å². The lowest BCUT2D eigenvalue weighted by molar-refractivity contribution is 0.435. The number of nitrogens with one attached hydrogen (secondary N) is 2. The van der Waals surface area contributed by atoms with Gasteiger partial charge in [-0.15, -0.1) is 0 Å². The first-order valence-electron chi connectivity index (χ1n) is 6.35. The monoisotopic (exact) mass is 262 g/mol. The second-order valence-corrected chi connectivity index (χ2v) is 5.46. The lowest BCUT2D eigenvalue weighted by Crippen LogP contribution is -2.38. The Morgan fingerprint density at radius 3 is 2.68 bits per heavy atom. The molecule has 0 fully saturated rings. The van der Waals surface area contributed by atoms with Gasteiger partial charge < -0.3 is 10.6 Å². The second-order valence-electron chi connectivity index (χ2n) is 5.46. The SMILES string of the molecule is CC(C)(C)NCCNc1ncnc2c(F)cccc12. The van der Waals surface area contributed by atoms with Crippen LogP contribution in [0.15, 0.2) is 24.5 Å². The molecular weight excluding hydrogens is 243 g/mol. The molecule has 0 bridgehead atoms. The smallest absolute Gasteiger partial charge is 0.149 e. The molecule has 1 heterocycles. The zero-order valence-corrected chi connectivity index (χ0v) is 11.5. The van der Waals surface area contributed by atoms with Gasteiger partial charge in [0.1, 0.15) is 23.5 Å². The summed E-state index contributed by atoms with van der Waals surface area (Å²) in [5.41, 5.74) is 0.436. The van der Waals surface area contributed by atoms with Gasteiger partial charge in [0.15, 0.2) is 0 Å². The summed E-state index contributed by atoms with van der Waals surface area (Å²) in [5.74, 6) is 0.343. The maximum atomic E-state index is 13.6. The van der Waals surface area contributed by atoms with E-state index in [2.05, 4.69) is 41.4 Å². The summed E-state index contributed by atoms with van der Waals surface area (Å²) in [6.45, 7) is 7.87. The van der Waals surface area contributed by atoms with Crippen LogP contribution >= 0.6 is 0 Å². The number of halogens is 1. The van der Waals surface area contributed by atoms with Crippen LogP contribution in [0.4, 0.5) is 10.2 Å². The number of hydrogen-bond donors (Lipinski definition) is 2. The molecule has 19 heavy (non-hydrogen) atoms. The minimum atomic E-state index is -0.323. The van der Waals surface area contributed by atoms with E-state index in [1.54, 1.807) is 6.07 Å². The van der Waals surface area contributed by atoms with Crippen LogP contribution in [0, 0.1) is 5.82 Å². The minimum absolute atomic E-state index is 0.0848. The molecule has 2 rings (SSSR count). The fraction of sp³-hybridized carbons (Fsp3) is 0.429. The second kappa shape index (κ2) is 5.48. The molecule has 4 nitrogen and oxygen atoms in total. The van der Waals surface area contributed by atoms with Gasteiger partial charge in [-0.2, -0.15) is 0 Å². The molecule has 2 aromatic rings. The van der Waals surface area contributed by atoms with Crippen molar-refractivity contribution < 1.29 is 4.39 Å². The Morgan fingerprint density at radius 1 is 1.16 bits per heavy atom. The standard InChI is InChI=1S/C14H19FN4/c1-14(2,3)19-8-7-16-13-10-5-4-6-11(15)12(10)17-9-18-13/h4-6,9,19H,7-8H2,1-3H3,(H,16,17,18). The van der Waals surface area contributed by atoms with E-state index >= 15 is 0 Å². The number of hydrogen-bond acceptors (Lipinski definition) is 4. The molecule has 0 amide bonds. The Labute approximate surface area is 112 Å². The Bertz CT molecular complexity index is 563. The van der Waals surface area contributed by atoms with Crippen LogP contribution in [0.2, 0.25) is 0 Å². The molecule has 0 aliphatic heterocycles. The third-order valence-corrected chi connectivity index (χ3v) is 2.69. The van der Waals surface area contributed by atoms with Crippen LogP contribution in [0.5, 0.6) is 0 Å². The van der Waals surface area contributed by atoms with Gasteiger partial charge in [-0.05, 0) is 32.9 Å². The molecule has 102 valence electrons. The van der Waals surface area contributed by atoms with Crippen molar-refractivity contribution in [2.24, 2.45) is 0 Å². The Kier molecular flexibility index (Phi) is 3.95. The number of anilines is 1. The molecule has 0 spiro atoms. The fourth-order valence-corrected chi connectivity index (χ4v) is 1.81. The molecule has 1 aromatic carbocycles. The predicted molar refractivity (Wildman–Crippen MR) is 75.7 cm³/mol. The van der Waals surface area contributed by atoms with Gasteiger partial charge in [0, 0.05) is 24.0 Å². The first kappa shape index (κ1) is 13.7. The Balaban J connectivity index is 2.07. The van der Waals surface area contributed by atoms with E-state index in [4.69, 9.17) is 0 Å². The molecule has 0 aliphatic carbocycles. The van der Waals surface area contributed by atoms with E-state index in [-0.39, 0.29) is 11.4 Å². The van der Waals surface area contributed by atoms with Crippen molar-refractivity contribution >= 4 is 16.7 Å². The van der Waals surface area contributed by atoms with Gasteiger partial charge >= 0.3 is 0 Å². The van der Waals surface area contributed by atoms with Crippen molar-refractivity contribution in [3.63, 3.8) is 0 Å². The molecule has 0 saturated carbocycles. The van der Waals surface area contributed by atoms with Crippen LogP contribution in [0.25, 0.3) is 10.9 Å². The normalized spacial score (nSPS) is 11.8. The first-order chi connectivity index (χ1) is 8.97. The Hall–Kier alpha value is -1.75. The first-order valence-corrected chi connectivity index (χ1v) is 6.35. The van der Waals surface area contributed by atoms with Crippen molar-refractivity contribution in [3.05, 3.63) is 30.3 Å². The summed E-state index contributed by atoms with van der Waals surface area (Å²) in [4.78, 5) is 8.13. The summed E-state index contributed by atoms with van der Waals surface area (Å²) in [6.07, 6.45) is 1.38. The molecule has 0 radical (unpaired) electrons. The largest absolute Gasteiger partial charge is 0.368 e. The van der Waals surface area contributed by atoms with Crippen molar-refractivity contribution in [1.29, 1.82) is 0 Å². The average molecular weight is 262 g/mol. The van der Waals surface area contributed by atoms with Gasteiger partial charge in [0.25, 0.3) is 0 Å². The van der Waals surface area contributed by atoms with E-state index in [1.165, 1.54) is 12.4 Å². The summed E-state index contributed by atoms with van der Waals surface area (Å²) in [5, 5.41) is 7.29. The number of nitrogens with zero attached hydrogens (tertiary/aromatic N) is 2. The number of rotatable bonds is 4. The van der Waals surface area contributed by atoms with Gasteiger partial charge in [-0.25, -0.2) is 14.4 Å². The molecule has 1 aromatic heterocycles. The molecule has 0 unspecified atom stereocenters. The zero-order valence-electron chi connectivity index (χ0n) is 11.5. The fourth-order valence-electron chi connectivity index (χ4n) is 1.81. The predicted octanol–water partition coefficient (Wildman–Crippen LogP) is 2.57. The third kappa shape index (κ3) is 3.61. The third-order valence-electron chi connectivity index (χ3n) is 2.69. The van der Waals surface area contributed by atoms with E-state index in [1.807, 2.05) is 6.07 Å². The lowest BCUT2D eigenvalue weighted by Gasteiger charge is -2.20. The van der Waals surface area contributed by atoms with E-state index in [0.29, 0.717) is 16.7 Å². The molecule has 0 atom stereocenters. The average Bonchev–Trinajstić information content (AvgIpc) is 2.34. The molecule has 2 N–H and O–H groups in total. The van der Waals surface area contributed by atoms with Gasteiger partial charge in [0.05, 0.1) is 0 Å². The van der Waals surface area contributed by atoms with Crippen LogP contribution in [0.3, 0.4) is 0 Å². The summed E-state index contributed by atoms with van der Waals surface area (Å²) < 4.78 is 13.6. The van der Waals surface area contributed by atoms with Gasteiger partial charge in [-0.1, -0.05) is 6.07 Å². The van der Waals surface area contributed by atoms with E-state index in [0.717, 1.165) is 13.1 Å². The highest BCUT2D eigenvalue weighted by molar-refractivity contribution is 5.89. The summed E-state index contributed by atoms with van der Waals surface area (Å²) >= 11 is 0. The molecular formula is C14H19FN4. The molecule has 0 aliphatic rings. The number of aromatic nitrogens is 2. The number of para-hydroxylation sites is 1. The van der Waals surface area contributed by atoms with Crippen LogP contribution in [-0.2, 0) is 0 Å². The van der Waals surface area contributed by atoms with Crippen LogP contribution in [0.1, 0.15) is 20.8 Å².